The number of hydrogen-bond donors (Lipinski definition) is 0. The maximum absolute atomic E-state index is 3.94. The van der Waals surface area contributed by atoms with E-state index in [1.165, 1.54) is 17.6 Å². The fraction of sp³-hybridized carbons (Fsp3) is 0.636. The molecule has 11 heavy (non-hydrogen) atoms. The van der Waals surface area contributed by atoms with Crippen LogP contribution in [0.1, 0.15) is 40.5 Å². The third-order valence-electron chi connectivity index (χ3n) is 2.02. The minimum absolute atomic E-state index is 0.637. The molecule has 0 radical (unpaired) electrons. The predicted molar refractivity (Wildman–Crippen MR) is 52.6 cm³/mol. The SMILES string of the molecule is C=C(C)C(C)CC(C)=CCC. The average molecular weight is 152 g/mol. The van der Waals surface area contributed by atoms with Gasteiger partial charge in [0.15, 0.2) is 0 Å². The van der Waals surface area contributed by atoms with E-state index >= 15 is 0 Å². The van der Waals surface area contributed by atoms with Gasteiger partial charge in [0.2, 0.25) is 0 Å². The Balaban J connectivity index is 3.84. The lowest BCUT2D eigenvalue weighted by molar-refractivity contribution is 0.672. The van der Waals surface area contributed by atoms with E-state index in [-0.39, 0.29) is 0 Å². The quantitative estimate of drug-likeness (QED) is 0.535. The Labute approximate surface area is 71.0 Å². The Morgan fingerprint density at radius 1 is 1.45 bits per heavy atom. The first-order valence-electron chi connectivity index (χ1n) is 4.39. The molecule has 0 bridgehead atoms. The Kier molecular flexibility index (Phi) is 4.93. The lowest BCUT2D eigenvalue weighted by atomic mass is 9.96. The van der Waals surface area contributed by atoms with Crippen LogP contribution in [0.25, 0.3) is 0 Å². The molecule has 0 aromatic heterocycles. The summed E-state index contributed by atoms with van der Waals surface area (Å²) < 4.78 is 0. The standard InChI is InChI=1S/C11H20/c1-6-7-10(4)8-11(5)9(2)3/h7,11H,2,6,8H2,1,3-5H3. The summed E-state index contributed by atoms with van der Waals surface area (Å²) in [5, 5.41) is 0. The molecule has 0 fully saturated rings. The van der Waals surface area contributed by atoms with Crippen molar-refractivity contribution in [3.63, 3.8) is 0 Å². The molecule has 1 atom stereocenters. The first-order valence-corrected chi connectivity index (χ1v) is 4.39. The normalized spacial score (nSPS) is 14.7. The highest BCUT2D eigenvalue weighted by molar-refractivity contribution is 5.05. The fourth-order valence-corrected chi connectivity index (χ4v) is 1.09. The molecule has 0 aliphatic carbocycles. The van der Waals surface area contributed by atoms with Gasteiger partial charge in [-0.25, -0.2) is 0 Å². The monoisotopic (exact) mass is 152 g/mol. The highest BCUT2D eigenvalue weighted by Gasteiger charge is 2.01. The zero-order valence-corrected chi connectivity index (χ0v) is 8.28. The van der Waals surface area contributed by atoms with Gasteiger partial charge in [-0.3, -0.25) is 0 Å². The van der Waals surface area contributed by atoms with Crippen LogP contribution < -0.4 is 0 Å². The van der Waals surface area contributed by atoms with Crippen molar-refractivity contribution in [2.24, 2.45) is 5.92 Å². The Hall–Kier alpha value is -0.520. The van der Waals surface area contributed by atoms with E-state index in [1.807, 2.05) is 0 Å². The summed E-state index contributed by atoms with van der Waals surface area (Å²) in [7, 11) is 0. The van der Waals surface area contributed by atoms with Crippen molar-refractivity contribution in [1.82, 2.24) is 0 Å². The van der Waals surface area contributed by atoms with E-state index in [9.17, 15) is 0 Å². The molecule has 0 aromatic carbocycles. The lowest BCUT2D eigenvalue weighted by Crippen LogP contribution is -1.95. The van der Waals surface area contributed by atoms with Gasteiger partial charge < -0.3 is 0 Å². The van der Waals surface area contributed by atoms with Crippen LogP contribution >= 0.6 is 0 Å². The molecule has 0 spiro atoms. The average Bonchev–Trinajstić information content (AvgIpc) is 1.87. The van der Waals surface area contributed by atoms with Crippen LogP contribution in [0, 0.1) is 5.92 Å². The molecule has 64 valence electrons. The topological polar surface area (TPSA) is 0 Å². The van der Waals surface area contributed by atoms with Gasteiger partial charge in [-0.2, -0.15) is 0 Å². The van der Waals surface area contributed by atoms with Crippen molar-refractivity contribution in [3.8, 4) is 0 Å². The van der Waals surface area contributed by atoms with Gasteiger partial charge in [-0.1, -0.05) is 37.6 Å². The molecule has 0 heteroatoms. The van der Waals surface area contributed by atoms with Gasteiger partial charge in [-0.15, -0.1) is 0 Å². The molecule has 0 nitrogen and oxygen atoms in total. The summed E-state index contributed by atoms with van der Waals surface area (Å²) in [4.78, 5) is 0. The van der Waals surface area contributed by atoms with Gasteiger partial charge >= 0.3 is 0 Å². The predicted octanol–water partition coefficient (Wildman–Crippen LogP) is 3.95. The van der Waals surface area contributed by atoms with Crippen LogP contribution in [0.5, 0.6) is 0 Å². The van der Waals surface area contributed by atoms with E-state index in [4.69, 9.17) is 0 Å². The summed E-state index contributed by atoms with van der Waals surface area (Å²) in [5.41, 5.74) is 2.77. The maximum atomic E-state index is 3.94. The van der Waals surface area contributed by atoms with Crippen LogP contribution in [0.4, 0.5) is 0 Å². The van der Waals surface area contributed by atoms with Crippen molar-refractivity contribution in [1.29, 1.82) is 0 Å². The molecule has 0 aliphatic heterocycles. The first kappa shape index (κ1) is 10.5. The number of allylic oxidation sites excluding steroid dienone is 3. The number of rotatable bonds is 4. The second-order valence-electron chi connectivity index (χ2n) is 3.41. The molecule has 0 N–H and O–H groups in total. The highest BCUT2D eigenvalue weighted by Crippen LogP contribution is 2.17. The molecule has 0 heterocycles. The first-order chi connectivity index (χ1) is 5.07. The van der Waals surface area contributed by atoms with Crippen molar-refractivity contribution < 1.29 is 0 Å². The van der Waals surface area contributed by atoms with Gasteiger partial charge in [0.1, 0.15) is 0 Å². The smallest absolute Gasteiger partial charge is 0.0200 e. The van der Waals surface area contributed by atoms with Crippen molar-refractivity contribution >= 4 is 0 Å². The van der Waals surface area contributed by atoms with E-state index in [1.54, 1.807) is 0 Å². The Morgan fingerprint density at radius 2 is 2.00 bits per heavy atom. The zero-order chi connectivity index (χ0) is 8.85. The number of hydrogen-bond acceptors (Lipinski definition) is 0. The molecule has 0 amide bonds. The van der Waals surface area contributed by atoms with Gasteiger partial charge in [0, 0.05) is 0 Å². The van der Waals surface area contributed by atoms with Crippen LogP contribution in [0.3, 0.4) is 0 Å². The second-order valence-corrected chi connectivity index (χ2v) is 3.41. The maximum Gasteiger partial charge on any atom is -0.0200 e. The van der Waals surface area contributed by atoms with Crippen LogP contribution in [-0.2, 0) is 0 Å². The lowest BCUT2D eigenvalue weighted by Gasteiger charge is -2.10. The zero-order valence-electron chi connectivity index (χ0n) is 8.28. The van der Waals surface area contributed by atoms with E-state index < -0.39 is 0 Å². The fourth-order valence-electron chi connectivity index (χ4n) is 1.09. The summed E-state index contributed by atoms with van der Waals surface area (Å²) in [5.74, 6) is 0.637. The third kappa shape index (κ3) is 4.83. The van der Waals surface area contributed by atoms with Crippen molar-refractivity contribution in [2.75, 3.05) is 0 Å². The molecular formula is C11H20. The van der Waals surface area contributed by atoms with E-state index in [2.05, 4.69) is 40.3 Å². The van der Waals surface area contributed by atoms with Gasteiger partial charge in [0.05, 0.1) is 0 Å². The van der Waals surface area contributed by atoms with Gasteiger partial charge in [-0.05, 0) is 32.6 Å². The largest absolute Gasteiger partial charge is 0.0999 e. The molecular weight excluding hydrogens is 132 g/mol. The van der Waals surface area contributed by atoms with Crippen molar-refractivity contribution in [2.45, 2.75) is 40.5 Å². The Morgan fingerprint density at radius 3 is 2.36 bits per heavy atom. The van der Waals surface area contributed by atoms with Gasteiger partial charge in [0.25, 0.3) is 0 Å². The molecule has 0 saturated carbocycles. The van der Waals surface area contributed by atoms with Crippen LogP contribution in [0.15, 0.2) is 23.8 Å². The third-order valence-corrected chi connectivity index (χ3v) is 2.02. The molecule has 1 unspecified atom stereocenters. The second kappa shape index (κ2) is 5.17. The Bertz CT molecular complexity index is 151. The molecule has 0 saturated heterocycles. The minimum Gasteiger partial charge on any atom is -0.0999 e. The molecule has 0 rings (SSSR count). The summed E-state index contributed by atoms with van der Waals surface area (Å²) in [6.45, 7) is 12.6. The molecule has 0 aliphatic rings. The summed E-state index contributed by atoms with van der Waals surface area (Å²) in [6, 6.07) is 0. The highest BCUT2D eigenvalue weighted by atomic mass is 14.1. The van der Waals surface area contributed by atoms with Crippen LogP contribution in [-0.4, -0.2) is 0 Å². The summed E-state index contributed by atoms with van der Waals surface area (Å²) >= 11 is 0. The van der Waals surface area contributed by atoms with Crippen molar-refractivity contribution in [3.05, 3.63) is 23.8 Å². The van der Waals surface area contributed by atoms with Crippen LogP contribution in [0.2, 0.25) is 0 Å². The van der Waals surface area contributed by atoms with E-state index in [0.717, 1.165) is 6.42 Å². The minimum atomic E-state index is 0.637. The molecule has 0 aromatic rings. The summed E-state index contributed by atoms with van der Waals surface area (Å²) in [6.07, 6.45) is 4.61. The van der Waals surface area contributed by atoms with E-state index in [0.29, 0.717) is 5.92 Å².